The minimum atomic E-state index is -0.611. The number of ether oxygens (including phenoxy) is 1. The molecule has 0 atom stereocenters. The monoisotopic (exact) mass is 278 g/mol. The standard InChI is InChI=1S/C14H14O6/c1-7-8(3-4-19-2)14(18)20-13-9(6-15)10(16)5-11(17)12(7)13/h5-6,16-17H,3-4H2,1-2H3. The van der Waals surface area contributed by atoms with Crippen LogP contribution in [0.3, 0.4) is 0 Å². The van der Waals surface area contributed by atoms with Gasteiger partial charge in [-0.05, 0) is 12.5 Å². The molecule has 1 aromatic heterocycles. The first-order chi connectivity index (χ1) is 9.51. The Morgan fingerprint density at radius 1 is 1.35 bits per heavy atom. The van der Waals surface area contributed by atoms with E-state index >= 15 is 0 Å². The predicted molar refractivity (Wildman–Crippen MR) is 71.5 cm³/mol. The number of methoxy groups -OCH3 is 1. The number of hydrogen-bond donors (Lipinski definition) is 2. The summed E-state index contributed by atoms with van der Waals surface area (Å²) in [7, 11) is 1.51. The van der Waals surface area contributed by atoms with Gasteiger partial charge in [0, 0.05) is 25.2 Å². The van der Waals surface area contributed by atoms with Gasteiger partial charge in [0.05, 0.1) is 17.6 Å². The van der Waals surface area contributed by atoms with Crippen LogP contribution in [0, 0.1) is 6.92 Å². The Labute approximate surface area is 114 Å². The Balaban J connectivity index is 2.86. The maximum absolute atomic E-state index is 11.9. The molecule has 106 valence electrons. The SMILES string of the molecule is COCCc1c(C)c2c(O)cc(O)c(C=O)c2oc1=O. The maximum atomic E-state index is 11.9. The molecule has 2 aromatic rings. The van der Waals surface area contributed by atoms with Gasteiger partial charge in [-0.1, -0.05) is 0 Å². The second-order valence-corrected chi connectivity index (χ2v) is 4.39. The molecule has 0 radical (unpaired) electrons. The lowest BCUT2D eigenvalue weighted by Gasteiger charge is -2.11. The first kappa shape index (κ1) is 14.1. The Hall–Kier alpha value is -2.34. The normalized spacial score (nSPS) is 10.9. The fraction of sp³-hybridized carbons (Fsp3) is 0.286. The number of phenols is 2. The Morgan fingerprint density at radius 3 is 2.65 bits per heavy atom. The number of aromatic hydroxyl groups is 2. The van der Waals surface area contributed by atoms with E-state index in [0.29, 0.717) is 30.4 Å². The molecule has 0 unspecified atom stereocenters. The molecule has 0 amide bonds. The van der Waals surface area contributed by atoms with Crippen LogP contribution in [0.4, 0.5) is 0 Å². The van der Waals surface area contributed by atoms with Crippen molar-refractivity contribution in [3.63, 3.8) is 0 Å². The van der Waals surface area contributed by atoms with Crippen LogP contribution < -0.4 is 5.63 Å². The van der Waals surface area contributed by atoms with E-state index in [1.54, 1.807) is 6.92 Å². The van der Waals surface area contributed by atoms with Gasteiger partial charge in [-0.3, -0.25) is 4.79 Å². The van der Waals surface area contributed by atoms with E-state index in [-0.39, 0.29) is 22.3 Å². The molecule has 0 saturated heterocycles. The van der Waals surface area contributed by atoms with E-state index in [4.69, 9.17) is 9.15 Å². The molecular weight excluding hydrogens is 264 g/mol. The molecule has 2 N–H and O–H groups in total. The van der Waals surface area contributed by atoms with E-state index in [0.717, 1.165) is 6.07 Å². The number of aryl methyl sites for hydroxylation is 1. The van der Waals surface area contributed by atoms with Gasteiger partial charge < -0.3 is 19.4 Å². The predicted octanol–water partition coefficient (Wildman–Crippen LogP) is 1.51. The second kappa shape index (κ2) is 5.34. The molecular formula is C14H14O6. The highest BCUT2D eigenvalue weighted by Gasteiger charge is 2.19. The van der Waals surface area contributed by atoms with Crippen LogP contribution in [0.15, 0.2) is 15.3 Å². The van der Waals surface area contributed by atoms with Crippen molar-refractivity contribution in [1.29, 1.82) is 0 Å². The lowest BCUT2D eigenvalue weighted by molar-refractivity contribution is 0.112. The smallest absolute Gasteiger partial charge is 0.339 e. The van der Waals surface area contributed by atoms with Crippen molar-refractivity contribution in [2.75, 3.05) is 13.7 Å². The van der Waals surface area contributed by atoms with Gasteiger partial charge in [-0.2, -0.15) is 0 Å². The summed E-state index contributed by atoms with van der Waals surface area (Å²) in [6, 6.07) is 1.05. The van der Waals surface area contributed by atoms with Crippen LogP contribution in [0.1, 0.15) is 21.5 Å². The lowest BCUT2D eigenvalue weighted by Crippen LogP contribution is -2.13. The van der Waals surface area contributed by atoms with Crippen LogP contribution in [0.2, 0.25) is 0 Å². The molecule has 6 heteroatoms. The van der Waals surface area contributed by atoms with Crippen molar-refractivity contribution in [2.45, 2.75) is 13.3 Å². The van der Waals surface area contributed by atoms with E-state index in [9.17, 15) is 19.8 Å². The summed E-state index contributed by atoms with van der Waals surface area (Å²) in [5, 5.41) is 19.8. The Kier molecular flexibility index (Phi) is 3.76. The van der Waals surface area contributed by atoms with Crippen LogP contribution >= 0.6 is 0 Å². The minimum absolute atomic E-state index is 0.110. The third kappa shape index (κ3) is 2.14. The summed E-state index contributed by atoms with van der Waals surface area (Å²) in [6.07, 6.45) is 0.714. The van der Waals surface area contributed by atoms with E-state index in [1.165, 1.54) is 7.11 Å². The molecule has 6 nitrogen and oxygen atoms in total. The maximum Gasteiger partial charge on any atom is 0.339 e. The minimum Gasteiger partial charge on any atom is -0.507 e. The molecule has 20 heavy (non-hydrogen) atoms. The van der Waals surface area contributed by atoms with Crippen LogP contribution in [-0.2, 0) is 11.2 Å². The van der Waals surface area contributed by atoms with Crippen LogP contribution in [0.25, 0.3) is 11.0 Å². The fourth-order valence-corrected chi connectivity index (χ4v) is 2.18. The molecule has 1 aromatic carbocycles. The number of fused-ring (bicyclic) bond motifs is 1. The summed E-state index contributed by atoms with van der Waals surface area (Å²) < 4.78 is 10.0. The van der Waals surface area contributed by atoms with E-state index < -0.39 is 11.4 Å². The topological polar surface area (TPSA) is 97.0 Å². The number of rotatable bonds is 4. The van der Waals surface area contributed by atoms with Crippen LogP contribution in [0.5, 0.6) is 11.5 Å². The third-order valence-electron chi connectivity index (χ3n) is 3.22. The van der Waals surface area contributed by atoms with Crippen molar-refractivity contribution in [3.8, 4) is 11.5 Å². The zero-order chi connectivity index (χ0) is 14.9. The highest BCUT2D eigenvalue weighted by molar-refractivity contribution is 6.01. The van der Waals surface area contributed by atoms with Crippen molar-refractivity contribution in [3.05, 3.63) is 33.2 Å². The largest absolute Gasteiger partial charge is 0.507 e. The second-order valence-electron chi connectivity index (χ2n) is 4.39. The lowest BCUT2D eigenvalue weighted by atomic mass is 10.0. The molecule has 0 fully saturated rings. The van der Waals surface area contributed by atoms with Gasteiger partial charge in [-0.25, -0.2) is 4.79 Å². The first-order valence-corrected chi connectivity index (χ1v) is 5.96. The highest BCUT2D eigenvalue weighted by atomic mass is 16.5. The molecule has 2 rings (SSSR count). The average molecular weight is 278 g/mol. The molecule has 0 spiro atoms. The van der Waals surface area contributed by atoms with E-state index in [2.05, 4.69) is 0 Å². The van der Waals surface area contributed by atoms with Crippen molar-refractivity contribution in [1.82, 2.24) is 0 Å². The molecule has 1 heterocycles. The zero-order valence-corrected chi connectivity index (χ0v) is 11.1. The summed E-state index contributed by atoms with van der Waals surface area (Å²) in [6.45, 7) is 1.98. The summed E-state index contributed by atoms with van der Waals surface area (Å²) in [4.78, 5) is 23.0. The molecule has 0 aliphatic heterocycles. The first-order valence-electron chi connectivity index (χ1n) is 5.96. The Morgan fingerprint density at radius 2 is 2.05 bits per heavy atom. The molecule has 0 bridgehead atoms. The number of carbonyl (C=O) groups is 1. The fourth-order valence-electron chi connectivity index (χ4n) is 2.18. The van der Waals surface area contributed by atoms with Gasteiger partial charge in [0.1, 0.15) is 11.5 Å². The van der Waals surface area contributed by atoms with Gasteiger partial charge >= 0.3 is 5.63 Å². The molecule has 0 aliphatic carbocycles. The van der Waals surface area contributed by atoms with Gasteiger partial charge in [-0.15, -0.1) is 0 Å². The van der Waals surface area contributed by atoms with Crippen molar-refractivity contribution in [2.24, 2.45) is 0 Å². The summed E-state index contributed by atoms with van der Waals surface area (Å²) >= 11 is 0. The highest BCUT2D eigenvalue weighted by Crippen LogP contribution is 2.35. The van der Waals surface area contributed by atoms with Gasteiger partial charge in [0.25, 0.3) is 0 Å². The van der Waals surface area contributed by atoms with Crippen molar-refractivity contribution < 1.29 is 24.2 Å². The summed E-state index contributed by atoms with van der Waals surface area (Å²) in [5.41, 5.74) is 0.00342. The van der Waals surface area contributed by atoms with Crippen molar-refractivity contribution >= 4 is 17.3 Å². The third-order valence-corrected chi connectivity index (χ3v) is 3.22. The van der Waals surface area contributed by atoms with Crippen LogP contribution in [-0.4, -0.2) is 30.2 Å². The Bertz CT molecular complexity index is 729. The quantitative estimate of drug-likeness (QED) is 0.650. The number of aldehydes is 1. The average Bonchev–Trinajstić information content (AvgIpc) is 2.38. The number of carbonyl (C=O) groups excluding carboxylic acids is 1. The van der Waals surface area contributed by atoms with E-state index in [1.807, 2.05) is 0 Å². The zero-order valence-electron chi connectivity index (χ0n) is 11.1. The van der Waals surface area contributed by atoms with Gasteiger partial charge in [0.15, 0.2) is 11.9 Å². The number of benzene rings is 1. The molecule has 0 aliphatic rings. The molecule has 0 saturated carbocycles. The summed E-state index contributed by atoms with van der Waals surface area (Å²) in [5.74, 6) is -0.680. The number of phenolic OH excluding ortho intramolecular Hbond substituents is 2. The number of hydrogen-bond acceptors (Lipinski definition) is 6. The van der Waals surface area contributed by atoms with Gasteiger partial charge in [0.2, 0.25) is 0 Å².